The lowest BCUT2D eigenvalue weighted by Gasteiger charge is -2.06. The van der Waals surface area contributed by atoms with Crippen molar-refractivity contribution in [1.82, 2.24) is 15.2 Å². The Morgan fingerprint density at radius 2 is 2.32 bits per heavy atom. The Bertz CT molecular complexity index is 686. The van der Waals surface area contributed by atoms with Crippen LogP contribution in [0.4, 0.5) is 11.5 Å². The summed E-state index contributed by atoms with van der Waals surface area (Å²) in [6.45, 7) is 3.06. The van der Waals surface area contributed by atoms with Gasteiger partial charge in [0.1, 0.15) is 5.82 Å². The van der Waals surface area contributed by atoms with E-state index in [0.717, 1.165) is 39.4 Å². The van der Waals surface area contributed by atoms with E-state index in [0.29, 0.717) is 5.82 Å². The van der Waals surface area contributed by atoms with E-state index < -0.39 is 0 Å². The van der Waals surface area contributed by atoms with Crippen LogP contribution in [0.2, 0.25) is 0 Å². The highest BCUT2D eigenvalue weighted by Gasteiger charge is 2.11. The number of rotatable bonds is 4. The van der Waals surface area contributed by atoms with Crippen molar-refractivity contribution in [3.63, 3.8) is 0 Å². The summed E-state index contributed by atoms with van der Waals surface area (Å²) in [5.41, 5.74) is 8.84. The summed E-state index contributed by atoms with van der Waals surface area (Å²) in [6, 6.07) is 5.89. The third-order valence-electron chi connectivity index (χ3n) is 2.83. The van der Waals surface area contributed by atoms with Crippen LogP contribution in [0, 0.1) is 0 Å². The summed E-state index contributed by atoms with van der Waals surface area (Å²) in [5, 5.41) is 10.4. The number of hydrogen-bond acceptors (Lipinski definition) is 5. The van der Waals surface area contributed by atoms with Crippen molar-refractivity contribution < 1.29 is 0 Å². The van der Waals surface area contributed by atoms with Crippen molar-refractivity contribution in [2.24, 2.45) is 0 Å². The van der Waals surface area contributed by atoms with E-state index in [2.05, 4.69) is 27.4 Å². The second-order valence-electron chi connectivity index (χ2n) is 4.32. The number of pyridine rings is 1. The maximum absolute atomic E-state index is 5.86. The number of thiophene rings is 1. The Morgan fingerprint density at radius 1 is 1.42 bits per heavy atom. The highest BCUT2D eigenvalue weighted by molar-refractivity contribution is 7.22. The molecule has 5 nitrogen and oxygen atoms in total. The molecule has 98 valence electrons. The SMILES string of the molecule is CCCNc1cc(N)nc2cc(-c3ccn[nH]3)sc12. The molecule has 0 saturated heterocycles. The van der Waals surface area contributed by atoms with Gasteiger partial charge in [-0.05, 0) is 18.6 Å². The van der Waals surface area contributed by atoms with E-state index in [-0.39, 0.29) is 0 Å². The molecule has 0 spiro atoms. The molecule has 0 unspecified atom stereocenters. The topological polar surface area (TPSA) is 79.6 Å². The Labute approximate surface area is 114 Å². The molecule has 3 rings (SSSR count). The van der Waals surface area contributed by atoms with Crippen LogP contribution in [0.25, 0.3) is 20.8 Å². The molecule has 3 aromatic rings. The van der Waals surface area contributed by atoms with Crippen LogP contribution in [0.5, 0.6) is 0 Å². The summed E-state index contributed by atoms with van der Waals surface area (Å²) in [4.78, 5) is 5.50. The molecule has 0 atom stereocenters. The number of H-pyrrole nitrogens is 1. The van der Waals surface area contributed by atoms with Crippen molar-refractivity contribution >= 4 is 33.1 Å². The summed E-state index contributed by atoms with van der Waals surface area (Å²) < 4.78 is 1.13. The third kappa shape index (κ3) is 2.26. The molecule has 6 heteroatoms. The molecule has 3 heterocycles. The fraction of sp³-hybridized carbons (Fsp3) is 0.231. The fourth-order valence-electron chi connectivity index (χ4n) is 1.96. The van der Waals surface area contributed by atoms with Crippen LogP contribution in [-0.2, 0) is 0 Å². The Kier molecular flexibility index (Phi) is 3.08. The van der Waals surface area contributed by atoms with Gasteiger partial charge in [0.25, 0.3) is 0 Å². The lowest BCUT2D eigenvalue weighted by Crippen LogP contribution is -2.01. The molecule has 19 heavy (non-hydrogen) atoms. The molecule has 3 aromatic heterocycles. The van der Waals surface area contributed by atoms with Gasteiger partial charge in [-0.15, -0.1) is 11.3 Å². The number of hydrogen-bond donors (Lipinski definition) is 3. The molecule has 0 bridgehead atoms. The zero-order chi connectivity index (χ0) is 13.2. The van der Waals surface area contributed by atoms with E-state index in [1.54, 1.807) is 17.5 Å². The predicted octanol–water partition coefficient (Wildman–Crippen LogP) is 3.09. The number of anilines is 2. The number of fused-ring (bicyclic) bond motifs is 1. The number of nitrogens with two attached hydrogens (primary N) is 1. The monoisotopic (exact) mass is 273 g/mol. The van der Waals surface area contributed by atoms with Gasteiger partial charge in [0.05, 0.1) is 26.5 Å². The average Bonchev–Trinajstić information content (AvgIpc) is 3.03. The van der Waals surface area contributed by atoms with E-state index in [4.69, 9.17) is 5.73 Å². The van der Waals surface area contributed by atoms with Crippen molar-refractivity contribution in [2.75, 3.05) is 17.6 Å². The molecular formula is C13H15N5S. The smallest absolute Gasteiger partial charge is 0.126 e. The standard InChI is InChI=1S/C13H15N5S/c1-2-4-15-9-7-12(14)17-10-6-11(19-13(9)10)8-3-5-16-18-8/h3,5-7H,2,4H2,1H3,(H,16,18)(H3,14,15,17). The molecule has 0 radical (unpaired) electrons. The lowest BCUT2D eigenvalue weighted by atomic mass is 10.3. The molecule has 4 N–H and O–H groups in total. The Balaban J connectivity index is 2.10. The third-order valence-corrected chi connectivity index (χ3v) is 4.02. The van der Waals surface area contributed by atoms with Crippen molar-refractivity contribution in [3.05, 3.63) is 24.4 Å². The molecule has 0 aromatic carbocycles. The first-order valence-electron chi connectivity index (χ1n) is 6.21. The van der Waals surface area contributed by atoms with E-state index in [1.165, 1.54) is 0 Å². The molecule has 0 fully saturated rings. The van der Waals surface area contributed by atoms with E-state index in [1.807, 2.05) is 18.2 Å². The van der Waals surface area contributed by atoms with Gasteiger partial charge in [-0.25, -0.2) is 4.98 Å². The Hall–Kier alpha value is -2.08. The zero-order valence-corrected chi connectivity index (χ0v) is 11.4. The summed E-state index contributed by atoms with van der Waals surface area (Å²) in [7, 11) is 0. The molecule has 0 saturated carbocycles. The first kappa shape index (κ1) is 12.0. The molecule has 0 aliphatic carbocycles. The number of aromatic amines is 1. The average molecular weight is 273 g/mol. The predicted molar refractivity (Wildman–Crippen MR) is 80.4 cm³/mol. The van der Waals surface area contributed by atoms with Gasteiger partial charge < -0.3 is 11.1 Å². The minimum Gasteiger partial charge on any atom is -0.384 e. The molecule has 0 amide bonds. The second kappa shape index (κ2) is 4.89. The summed E-state index contributed by atoms with van der Waals surface area (Å²) >= 11 is 1.69. The minimum atomic E-state index is 0.542. The summed E-state index contributed by atoms with van der Waals surface area (Å²) in [5.74, 6) is 0.542. The first-order valence-corrected chi connectivity index (χ1v) is 7.03. The Morgan fingerprint density at radius 3 is 3.05 bits per heavy atom. The van der Waals surface area contributed by atoms with Crippen molar-refractivity contribution in [3.8, 4) is 10.6 Å². The van der Waals surface area contributed by atoms with Crippen LogP contribution in [0.1, 0.15) is 13.3 Å². The molecule has 0 aliphatic heterocycles. The second-order valence-corrected chi connectivity index (χ2v) is 5.37. The summed E-state index contributed by atoms with van der Waals surface area (Å²) in [6.07, 6.45) is 2.82. The normalized spacial score (nSPS) is 11.0. The van der Waals surface area contributed by atoms with E-state index >= 15 is 0 Å². The van der Waals surface area contributed by atoms with Crippen LogP contribution < -0.4 is 11.1 Å². The van der Waals surface area contributed by atoms with Gasteiger partial charge >= 0.3 is 0 Å². The highest BCUT2D eigenvalue weighted by atomic mass is 32.1. The number of nitrogens with zero attached hydrogens (tertiary/aromatic N) is 2. The lowest BCUT2D eigenvalue weighted by molar-refractivity contribution is 0.981. The van der Waals surface area contributed by atoms with Gasteiger partial charge in [-0.1, -0.05) is 6.92 Å². The maximum Gasteiger partial charge on any atom is 0.126 e. The van der Waals surface area contributed by atoms with Crippen LogP contribution >= 0.6 is 11.3 Å². The van der Waals surface area contributed by atoms with Gasteiger partial charge in [-0.3, -0.25) is 5.10 Å². The van der Waals surface area contributed by atoms with Gasteiger partial charge in [-0.2, -0.15) is 5.10 Å². The minimum absolute atomic E-state index is 0.542. The quantitative estimate of drug-likeness (QED) is 0.682. The number of aromatic nitrogens is 3. The van der Waals surface area contributed by atoms with E-state index in [9.17, 15) is 0 Å². The van der Waals surface area contributed by atoms with Crippen LogP contribution in [-0.4, -0.2) is 21.7 Å². The van der Waals surface area contributed by atoms with Crippen LogP contribution in [0.3, 0.4) is 0 Å². The van der Waals surface area contributed by atoms with Crippen molar-refractivity contribution in [1.29, 1.82) is 0 Å². The molecular weight excluding hydrogens is 258 g/mol. The molecule has 0 aliphatic rings. The van der Waals surface area contributed by atoms with Crippen LogP contribution in [0.15, 0.2) is 24.4 Å². The largest absolute Gasteiger partial charge is 0.384 e. The van der Waals surface area contributed by atoms with Gasteiger partial charge in [0.15, 0.2) is 0 Å². The van der Waals surface area contributed by atoms with Gasteiger partial charge in [0.2, 0.25) is 0 Å². The number of nitrogen functional groups attached to an aromatic ring is 1. The van der Waals surface area contributed by atoms with Crippen molar-refractivity contribution in [2.45, 2.75) is 13.3 Å². The van der Waals surface area contributed by atoms with Gasteiger partial charge in [0, 0.05) is 18.8 Å². The highest BCUT2D eigenvalue weighted by Crippen LogP contribution is 2.36. The maximum atomic E-state index is 5.86. The zero-order valence-electron chi connectivity index (χ0n) is 10.6. The number of nitrogens with one attached hydrogen (secondary N) is 2. The fourth-order valence-corrected chi connectivity index (χ4v) is 3.02. The first-order chi connectivity index (χ1) is 9.28.